The summed E-state index contributed by atoms with van der Waals surface area (Å²) in [5.41, 5.74) is -1.10. The van der Waals surface area contributed by atoms with E-state index in [-0.39, 0.29) is 106 Å². The van der Waals surface area contributed by atoms with Crippen molar-refractivity contribution in [2.24, 2.45) is 0 Å². The van der Waals surface area contributed by atoms with Gasteiger partial charge in [0.1, 0.15) is 67.1 Å². The smallest absolute Gasteiger partial charge is 0.357 e. The fourth-order valence-electron chi connectivity index (χ4n) is 9.84. The van der Waals surface area contributed by atoms with Gasteiger partial charge in [-0.15, -0.1) is 9.59 Å². The lowest BCUT2D eigenvalue weighted by Crippen LogP contribution is -2.44. The summed E-state index contributed by atoms with van der Waals surface area (Å²) in [7, 11) is 6.24. The van der Waals surface area contributed by atoms with Crippen molar-refractivity contribution in [2.45, 2.75) is 78.9 Å². The Morgan fingerprint density at radius 3 is 1.52 bits per heavy atom. The van der Waals surface area contributed by atoms with Crippen LogP contribution in [0.4, 0.5) is 8.78 Å². The number of alkyl halides is 1. The maximum absolute atomic E-state index is 14.5. The molecule has 0 spiro atoms. The summed E-state index contributed by atoms with van der Waals surface area (Å²) in [4.78, 5) is 91.4. The summed E-state index contributed by atoms with van der Waals surface area (Å²) in [6.45, 7) is 11.3. The number of hydrogen-bond acceptors (Lipinski definition) is 19. The number of halogens is 3. The molecule has 2 aromatic carbocycles. The number of aromatic hydroxyl groups is 1. The van der Waals surface area contributed by atoms with E-state index in [0.29, 0.717) is 62.1 Å². The first-order chi connectivity index (χ1) is 40.9. The van der Waals surface area contributed by atoms with Crippen LogP contribution in [0.2, 0.25) is 0 Å². The van der Waals surface area contributed by atoms with Crippen LogP contribution in [0.5, 0.6) is 11.5 Å². The predicted octanol–water partition coefficient (Wildman–Crippen LogP) is 6.26. The minimum Gasteiger partial charge on any atom is -0.508 e. The molecule has 2 saturated heterocycles. The van der Waals surface area contributed by atoms with Crippen LogP contribution in [0.15, 0.2) is 80.4 Å². The number of rotatable bonds is 20. The monoisotopic (exact) mass is 1310 g/mol. The lowest BCUT2D eigenvalue weighted by Gasteiger charge is -2.23. The summed E-state index contributed by atoms with van der Waals surface area (Å²) < 4.78 is 61.3. The molecule has 6 aromatic heterocycles. The van der Waals surface area contributed by atoms with Crippen molar-refractivity contribution < 1.29 is 47.2 Å². The van der Waals surface area contributed by atoms with Gasteiger partial charge in [-0.05, 0) is 63.1 Å². The minimum atomic E-state index is -0.988. The number of likely N-dealkylation sites (N-methyl/N-ethyl adjacent to an activating group) is 2. The average Bonchev–Trinajstić information content (AvgIpc) is 1.65. The zero-order valence-corrected chi connectivity index (χ0v) is 49.9. The standard InChI is InChI=1S/C27H28FN7O6S.C25H27FN6O6S.C2H2BrN.2CH4/c1-16-22-24(37)34(19-7-10-32(3)23(19)36)27(38)33(26(22)42-25(16)35-30-8-9-31-35)14-21(40-12-11-39-4)18-13-17(28)5-6-20(18)41-15-29-2;1-14-20-22(35)31(17-6-9-29(2)21(17)34)25(36)30(24(20)39-23(14)32-27-7-8-28-32)13-19(38-11-10-37-3)16-12-15(26)4-5-18(16)33;3-1-2-4;;/h5-6,8-9,13,19,21H,7,10-12,14-15H2,1,3-4H3;4-5,7-8,12,17,19,33H,6,9-11,13H2,1-3H3;1H2;2*1H4/t19-,21+;17-,19+;;;/m11.../s1. The highest BCUT2D eigenvalue weighted by atomic mass is 79.9. The van der Waals surface area contributed by atoms with E-state index in [9.17, 15) is 42.7 Å². The van der Waals surface area contributed by atoms with Gasteiger partial charge in [0.25, 0.3) is 11.1 Å². The first-order valence-electron chi connectivity index (χ1n) is 26.1. The fourth-order valence-corrected chi connectivity index (χ4v) is 12.3. The molecule has 464 valence electrons. The van der Waals surface area contributed by atoms with Crippen molar-refractivity contribution >= 4 is 70.9 Å². The van der Waals surface area contributed by atoms with Crippen LogP contribution in [0, 0.1) is 43.4 Å². The molecule has 8 aromatic rings. The molecule has 87 heavy (non-hydrogen) atoms. The van der Waals surface area contributed by atoms with Crippen molar-refractivity contribution in [1.82, 2.24) is 58.1 Å². The van der Waals surface area contributed by atoms with Crippen LogP contribution in [0.1, 0.15) is 74.2 Å². The highest BCUT2D eigenvalue weighted by Gasteiger charge is 2.37. The first-order valence-corrected chi connectivity index (χ1v) is 28.8. The average molecular weight is 1310 g/mol. The highest BCUT2D eigenvalue weighted by Crippen LogP contribution is 2.37. The van der Waals surface area contributed by atoms with E-state index in [1.54, 1.807) is 27.9 Å². The molecule has 2 aliphatic heterocycles. The van der Waals surface area contributed by atoms with Crippen molar-refractivity contribution in [1.29, 1.82) is 5.26 Å². The maximum atomic E-state index is 14.5. The van der Waals surface area contributed by atoms with Crippen molar-refractivity contribution in [2.75, 3.05) is 79.9 Å². The summed E-state index contributed by atoms with van der Waals surface area (Å²) >= 11 is 5.17. The lowest BCUT2D eigenvalue weighted by molar-refractivity contribution is -0.130. The zero-order valence-electron chi connectivity index (χ0n) is 46.7. The van der Waals surface area contributed by atoms with Crippen LogP contribution >= 0.6 is 38.6 Å². The first kappa shape index (κ1) is 67.8. The number of aryl methyl sites for hydroxylation is 2. The molecule has 8 heterocycles. The molecule has 0 unspecified atom stereocenters. The number of thiophene rings is 2. The lowest BCUT2D eigenvalue weighted by atomic mass is 10.1. The number of carbonyl (C=O) groups is 2. The number of phenolic OH excluding ortho intramolecular Hbond substituents is 1. The molecule has 0 bridgehead atoms. The summed E-state index contributed by atoms with van der Waals surface area (Å²) in [5, 5.41) is 36.8. The number of hydrogen-bond donors (Lipinski definition) is 1. The topological polar surface area (TPSA) is 285 Å². The van der Waals surface area contributed by atoms with Crippen LogP contribution in [-0.4, -0.2) is 155 Å². The molecule has 0 radical (unpaired) electrons. The van der Waals surface area contributed by atoms with Gasteiger partial charge in [0.2, 0.25) is 11.8 Å². The highest BCUT2D eigenvalue weighted by molar-refractivity contribution is 9.09. The quantitative estimate of drug-likeness (QED) is 0.0500. The number of ether oxygens (including phenoxy) is 5. The molecule has 0 aliphatic carbocycles. The maximum Gasteiger partial charge on any atom is 0.357 e. The SMILES string of the molecule is C.C.COCCO[C@@H](Cn1c(=O)n([C@@H]2CCN(C)C2=O)c(=O)c2c(C)c(-n3nccn3)sc21)c1cc(F)ccc1O.N#CCBr.[C-]#[N+]COc1ccc(F)cc1[C@H](Cn1c(=O)n([C@@H]2CCN(C)C2=O)c(=O)c2c(C)c(-n3nccn3)sc21)OCCOC. The van der Waals surface area contributed by atoms with Crippen molar-refractivity contribution in [3.63, 3.8) is 0 Å². The molecule has 26 nitrogen and oxygen atoms in total. The number of nitrogens with zero attached hydrogens (tertiary/aromatic N) is 14. The van der Waals surface area contributed by atoms with Gasteiger partial charge in [-0.2, -0.15) is 25.7 Å². The Morgan fingerprint density at radius 2 is 1.13 bits per heavy atom. The Hall–Kier alpha value is -8.30. The number of carbonyl (C=O) groups excluding carboxylic acids is 2. The largest absolute Gasteiger partial charge is 0.508 e. The van der Waals surface area contributed by atoms with E-state index >= 15 is 0 Å². The van der Waals surface area contributed by atoms with Gasteiger partial charge in [-0.1, -0.05) is 53.5 Å². The Kier molecular flexibility index (Phi) is 23.7. The molecule has 2 amide bonds. The van der Waals surface area contributed by atoms with Gasteiger partial charge < -0.3 is 38.6 Å². The number of amides is 2. The van der Waals surface area contributed by atoms with E-state index in [1.807, 2.05) is 6.07 Å². The van der Waals surface area contributed by atoms with Crippen molar-refractivity contribution in [3.05, 3.63) is 148 Å². The van der Waals surface area contributed by atoms with Gasteiger partial charge in [0.15, 0.2) is 0 Å². The molecule has 31 heteroatoms. The molecule has 2 aliphatic rings. The van der Waals surface area contributed by atoms with Gasteiger partial charge >= 0.3 is 18.1 Å². The summed E-state index contributed by atoms with van der Waals surface area (Å²) in [5.74, 6) is -1.84. The second kappa shape index (κ2) is 30.4. The molecule has 4 atom stereocenters. The number of benzene rings is 2. The second-order valence-corrected chi connectivity index (χ2v) is 21.7. The third kappa shape index (κ3) is 14.3. The Bertz CT molecular complexity index is 4060. The molecular weight excluding hydrogens is 1240 g/mol. The molecule has 10 rings (SSSR count). The van der Waals surface area contributed by atoms with Crippen LogP contribution in [-0.2, 0) is 41.6 Å². The van der Waals surface area contributed by atoms with Crippen LogP contribution < -0.4 is 27.2 Å². The number of nitriles is 1. The Balaban J connectivity index is 0.000000257. The van der Waals surface area contributed by atoms with Gasteiger partial charge in [-0.3, -0.25) is 33.2 Å². The van der Waals surface area contributed by atoms with Crippen LogP contribution in [0.3, 0.4) is 0 Å². The second-order valence-electron chi connectivity index (χ2n) is 19.1. The minimum absolute atomic E-state index is 0. The normalized spacial score (nSPS) is 15.3. The number of methoxy groups -OCH3 is 2. The number of phenols is 1. The summed E-state index contributed by atoms with van der Waals surface area (Å²) in [6.07, 6.45) is 4.62. The van der Waals surface area contributed by atoms with E-state index < -0.39 is 58.4 Å². The van der Waals surface area contributed by atoms with E-state index in [0.717, 1.165) is 43.9 Å². The van der Waals surface area contributed by atoms with Crippen LogP contribution in [0.25, 0.3) is 35.3 Å². The Morgan fingerprint density at radius 1 is 0.713 bits per heavy atom. The third-order valence-corrected chi connectivity index (χ3v) is 16.8. The Labute approximate surface area is 513 Å². The molecule has 0 saturated carbocycles. The predicted molar refractivity (Wildman–Crippen MR) is 323 cm³/mol. The number of aromatic nitrogens is 10. The zero-order chi connectivity index (χ0) is 61.2. The van der Waals surface area contributed by atoms with E-state index in [2.05, 4.69) is 41.2 Å². The van der Waals surface area contributed by atoms with Gasteiger partial charge in [0.05, 0.1) is 86.5 Å². The van der Waals surface area contributed by atoms with Gasteiger partial charge in [-0.25, -0.2) is 34.1 Å². The number of likely N-dealkylation sites (tertiary alicyclic amines) is 2. The molecular formula is C56H65BrF2N14O12S2. The molecule has 1 N–H and O–H groups in total. The van der Waals surface area contributed by atoms with Crippen molar-refractivity contribution in [3.8, 4) is 27.6 Å². The van der Waals surface area contributed by atoms with E-state index in [1.165, 1.54) is 91.8 Å². The third-order valence-electron chi connectivity index (χ3n) is 14.0. The van der Waals surface area contributed by atoms with Gasteiger partial charge in [0, 0.05) is 63.7 Å². The fraction of sp³-hybridized carbons (Fsp3) is 0.429. The summed E-state index contributed by atoms with van der Waals surface area (Å²) in [6, 6.07) is 7.19. The molecule has 2 fully saturated rings. The number of fused-ring (bicyclic) bond motifs is 2. The van der Waals surface area contributed by atoms with E-state index in [4.69, 9.17) is 35.5 Å².